The molecule has 0 aromatic heterocycles. The van der Waals surface area contributed by atoms with Crippen LogP contribution in [-0.4, -0.2) is 23.6 Å². The second-order valence-corrected chi connectivity index (χ2v) is 9.78. The molecule has 2 aromatic carbocycles. The first-order chi connectivity index (χ1) is 16.0. The fraction of sp³-hybridized carbons (Fsp3) is 0.481. The van der Waals surface area contributed by atoms with Gasteiger partial charge in [-0.15, -0.1) is 0 Å². The smallest absolute Gasteiger partial charge is 0.291 e. The van der Waals surface area contributed by atoms with E-state index in [4.69, 9.17) is 4.74 Å². The number of ether oxygens (including phenoxy) is 1. The summed E-state index contributed by atoms with van der Waals surface area (Å²) in [7, 11) is 0. The minimum atomic E-state index is -0.851. The van der Waals surface area contributed by atoms with Crippen molar-refractivity contribution in [2.45, 2.75) is 84.7 Å². The third kappa shape index (κ3) is 6.29. The minimum absolute atomic E-state index is 0.0290. The highest BCUT2D eigenvalue weighted by Gasteiger charge is 2.30. The van der Waals surface area contributed by atoms with Crippen LogP contribution in [-0.2, 0) is 20.4 Å². The summed E-state index contributed by atoms with van der Waals surface area (Å²) in [5, 5.41) is 11.2. The van der Waals surface area contributed by atoms with Crippen LogP contribution >= 0.6 is 0 Å². The van der Waals surface area contributed by atoms with Gasteiger partial charge in [-0.25, -0.2) is 0 Å². The van der Waals surface area contributed by atoms with Crippen LogP contribution in [0.2, 0.25) is 0 Å². The second kappa shape index (κ2) is 11.4. The lowest BCUT2D eigenvalue weighted by atomic mass is 9.76. The van der Waals surface area contributed by atoms with E-state index in [1.54, 1.807) is 24.3 Å². The van der Waals surface area contributed by atoms with Crippen LogP contribution in [0.4, 0.5) is 11.4 Å². The molecule has 2 rings (SSSR count). The van der Waals surface area contributed by atoms with E-state index < -0.39 is 12.0 Å². The summed E-state index contributed by atoms with van der Waals surface area (Å²) in [5.41, 5.74) is 8.10. The van der Waals surface area contributed by atoms with E-state index in [1.807, 2.05) is 13.0 Å². The average Bonchev–Trinajstić information content (AvgIpc) is 2.85. The fourth-order valence-electron chi connectivity index (χ4n) is 3.50. The van der Waals surface area contributed by atoms with Crippen LogP contribution < -0.4 is 20.7 Å². The predicted molar refractivity (Wildman–Crippen MR) is 136 cm³/mol. The number of hydrogen-bond acceptors (Lipinski definition) is 5. The molecular formula is C27H39N3O4. The first kappa shape index (κ1) is 27.2. The largest absolute Gasteiger partial charge is 0.480 e. The molecule has 1 unspecified atom stereocenters. The van der Waals surface area contributed by atoms with Crippen LogP contribution in [0.25, 0.3) is 0 Å². The average molecular weight is 470 g/mol. The second-order valence-electron chi connectivity index (χ2n) is 9.78. The Kier molecular flexibility index (Phi) is 9.10. The Balaban J connectivity index is 2.32. The van der Waals surface area contributed by atoms with Gasteiger partial charge >= 0.3 is 0 Å². The van der Waals surface area contributed by atoms with Gasteiger partial charge in [0, 0.05) is 5.56 Å². The number of carbonyl (C=O) groups excluding carboxylic acids is 2. The van der Waals surface area contributed by atoms with Crippen molar-refractivity contribution in [1.82, 2.24) is 5.43 Å². The van der Waals surface area contributed by atoms with Crippen molar-refractivity contribution >= 4 is 23.7 Å². The Morgan fingerprint density at radius 1 is 1.03 bits per heavy atom. The van der Waals surface area contributed by atoms with Crippen LogP contribution in [0.1, 0.15) is 78.9 Å². The predicted octanol–water partition coefficient (Wildman–Crippen LogP) is 5.71. The van der Waals surface area contributed by atoms with Crippen molar-refractivity contribution in [3.05, 3.63) is 53.6 Å². The normalized spacial score (nSPS) is 12.6. The number of hydrazine groups is 1. The Bertz CT molecular complexity index is 970. The maximum Gasteiger partial charge on any atom is 0.291 e. The van der Waals surface area contributed by atoms with E-state index in [-0.39, 0.29) is 10.8 Å². The topological polar surface area (TPSA) is 90.9 Å². The maximum atomic E-state index is 13.1. The zero-order valence-corrected chi connectivity index (χ0v) is 21.4. The van der Waals surface area contributed by atoms with Crippen LogP contribution in [0.5, 0.6) is 5.75 Å². The lowest BCUT2D eigenvalue weighted by molar-refractivity contribution is -0.130. The summed E-state index contributed by atoms with van der Waals surface area (Å²) in [5.74, 6) is 0.114. The summed E-state index contributed by atoms with van der Waals surface area (Å²) in [4.78, 5) is 23.5. The Labute approximate surface area is 203 Å². The van der Waals surface area contributed by atoms with Crippen LogP contribution in [0, 0.1) is 0 Å². The van der Waals surface area contributed by atoms with Gasteiger partial charge in [0.05, 0.1) is 11.4 Å². The molecule has 0 saturated carbocycles. The third-order valence-electron chi connectivity index (χ3n) is 6.77. The number of amides is 2. The van der Waals surface area contributed by atoms with Crippen molar-refractivity contribution < 1.29 is 19.5 Å². The third-order valence-corrected chi connectivity index (χ3v) is 6.77. The SMILES string of the molecule is CCC(Oc1ccc(C(C)(C)CC)cc1C(C)(C)CC)C(=O)N(O)c1ccc(NNC=O)cc1. The Hall–Kier alpha value is -3.06. The molecule has 7 heteroatoms. The molecule has 0 saturated heterocycles. The molecule has 1 atom stereocenters. The zero-order valence-electron chi connectivity index (χ0n) is 21.4. The molecule has 7 nitrogen and oxygen atoms in total. The molecule has 0 heterocycles. The number of nitrogens with zero attached hydrogens (tertiary/aromatic N) is 1. The molecule has 0 aliphatic carbocycles. The lowest BCUT2D eigenvalue weighted by Crippen LogP contribution is -2.40. The number of carbonyl (C=O) groups is 2. The van der Waals surface area contributed by atoms with E-state index in [9.17, 15) is 14.8 Å². The molecule has 0 spiro atoms. The van der Waals surface area contributed by atoms with E-state index in [0.29, 0.717) is 35.0 Å². The summed E-state index contributed by atoms with van der Waals surface area (Å²) >= 11 is 0. The molecule has 0 aliphatic heterocycles. The number of hydroxylamine groups is 1. The molecule has 186 valence electrons. The molecule has 0 fully saturated rings. The quantitative estimate of drug-likeness (QED) is 0.210. The van der Waals surface area contributed by atoms with Gasteiger partial charge in [-0.1, -0.05) is 60.6 Å². The van der Waals surface area contributed by atoms with E-state index in [1.165, 1.54) is 5.56 Å². The number of benzene rings is 2. The highest BCUT2D eigenvalue weighted by atomic mass is 16.5. The molecule has 0 radical (unpaired) electrons. The Morgan fingerprint density at radius 3 is 2.18 bits per heavy atom. The molecule has 2 aromatic rings. The lowest BCUT2D eigenvalue weighted by Gasteiger charge is -2.32. The van der Waals surface area contributed by atoms with Crippen molar-refractivity contribution in [1.29, 1.82) is 0 Å². The van der Waals surface area contributed by atoms with Gasteiger partial charge in [-0.05, 0) is 66.0 Å². The van der Waals surface area contributed by atoms with E-state index in [2.05, 4.69) is 64.5 Å². The minimum Gasteiger partial charge on any atom is -0.480 e. The fourth-order valence-corrected chi connectivity index (χ4v) is 3.50. The number of hydrogen-bond donors (Lipinski definition) is 3. The van der Waals surface area contributed by atoms with Gasteiger partial charge in [0.25, 0.3) is 5.91 Å². The van der Waals surface area contributed by atoms with Crippen LogP contribution in [0.15, 0.2) is 42.5 Å². The van der Waals surface area contributed by atoms with Gasteiger partial charge in [0.1, 0.15) is 5.75 Å². The van der Waals surface area contributed by atoms with Crippen molar-refractivity contribution in [2.24, 2.45) is 0 Å². The van der Waals surface area contributed by atoms with Crippen molar-refractivity contribution in [3.63, 3.8) is 0 Å². The summed E-state index contributed by atoms with van der Waals surface area (Å²) in [6.07, 6.45) is 1.98. The zero-order chi connectivity index (χ0) is 25.5. The first-order valence-corrected chi connectivity index (χ1v) is 11.9. The molecule has 0 bridgehead atoms. The molecular weight excluding hydrogens is 430 g/mol. The molecule has 0 aliphatic rings. The van der Waals surface area contributed by atoms with Gasteiger partial charge in [0.15, 0.2) is 6.10 Å². The highest BCUT2D eigenvalue weighted by molar-refractivity contribution is 5.94. The van der Waals surface area contributed by atoms with Gasteiger partial charge in [-0.2, -0.15) is 5.06 Å². The van der Waals surface area contributed by atoms with Gasteiger partial charge in [-0.3, -0.25) is 25.6 Å². The van der Waals surface area contributed by atoms with E-state index in [0.717, 1.165) is 18.4 Å². The standard InChI is InChI=1S/C27H39N3O4/c1-8-23(25(32)30(33)21-14-12-20(13-15-21)29-28-18-31)34-24-16-11-19(26(4,5)9-2)17-22(24)27(6,7)10-3/h11-18,23,29,33H,8-10H2,1-7H3,(H,28,31). The van der Waals surface area contributed by atoms with Crippen molar-refractivity contribution in [3.8, 4) is 5.75 Å². The monoisotopic (exact) mass is 469 g/mol. The highest BCUT2D eigenvalue weighted by Crippen LogP contribution is 2.39. The molecule has 3 N–H and O–H groups in total. The van der Waals surface area contributed by atoms with Gasteiger partial charge in [0.2, 0.25) is 6.41 Å². The molecule has 2 amide bonds. The first-order valence-electron chi connectivity index (χ1n) is 11.9. The number of rotatable bonds is 12. The summed E-state index contributed by atoms with van der Waals surface area (Å²) < 4.78 is 6.25. The van der Waals surface area contributed by atoms with E-state index >= 15 is 0 Å². The number of nitrogens with one attached hydrogen (secondary N) is 2. The summed E-state index contributed by atoms with van der Waals surface area (Å²) in [6.45, 7) is 15.0. The van der Waals surface area contributed by atoms with Crippen molar-refractivity contribution in [2.75, 3.05) is 10.5 Å². The Morgan fingerprint density at radius 2 is 1.65 bits per heavy atom. The molecule has 34 heavy (non-hydrogen) atoms. The number of anilines is 2. The summed E-state index contributed by atoms with van der Waals surface area (Å²) in [6, 6.07) is 12.7. The maximum absolute atomic E-state index is 13.1. The van der Waals surface area contributed by atoms with Gasteiger partial charge < -0.3 is 4.74 Å². The van der Waals surface area contributed by atoms with Crippen LogP contribution in [0.3, 0.4) is 0 Å².